The molecule has 5 rings (SSSR count). The number of nitrogens with two attached hydrogens (primary N) is 1. The summed E-state index contributed by atoms with van der Waals surface area (Å²) in [4.78, 5) is 26.6. The highest BCUT2D eigenvalue weighted by Gasteiger charge is 2.45. The third-order valence-corrected chi connectivity index (χ3v) is 10.5. The number of carbonyl (C=O) groups is 2. The third-order valence-electron chi connectivity index (χ3n) is 7.40. The number of primary amides is 1. The van der Waals surface area contributed by atoms with Crippen LogP contribution in [0.1, 0.15) is 35.2 Å². The summed E-state index contributed by atoms with van der Waals surface area (Å²) in [6.45, 7) is 0. The maximum absolute atomic E-state index is 14.6. The van der Waals surface area contributed by atoms with Gasteiger partial charge in [-0.15, -0.1) is 0 Å². The van der Waals surface area contributed by atoms with Crippen molar-refractivity contribution in [1.82, 2.24) is 9.62 Å². The maximum Gasteiger partial charge on any atom is 0.249 e. The Morgan fingerprint density at radius 3 is 2.23 bits per heavy atom. The summed E-state index contributed by atoms with van der Waals surface area (Å²) < 4.78 is 32.0. The van der Waals surface area contributed by atoms with Crippen molar-refractivity contribution in [3.05, 3.63) is 145 Å². The first-order valence-electron chi connectivity index (χ1n) is 13.7. The Balaban J connectivity index is 1.65. The molecule has 2 amide bonds. The van der Waals surface area contributed by atoms with Crippen molar-refractivity contribution in [2.24, 2.45) is 5.73 Å². The van der Waals surface area contributed by atoms with E-state index in [9.17, 15) is 18.0 Å². The first-order chi connectivity index (χ1) is 21.0. The number of nitrogens with zero attached hydrogens (tertiary/aromatic N) is 1. The van der Waals surface area contributed by atoms with Crippen LogP contribution in [0.5, 0.6) is 0 Å². The summed E-state index contributed by atoms with van der Waals surface area (Å²) in [5.74, 6) is -1.29. The predicted molar refractivity (Wildman–Crippen MR) is 178 cm³/mol. The molecule has 0 radical (unpaired) electrons. The molecular formula is C33H28Br2ClN3O4S. The molecule has 1 heterocycles. The van der Waals surface area contributed by atoms with Gasteiger partial charge in [0.1, 0.15) is 6.04 Å². The normalized spacial score (nSPS) is 17.8. The Bertz CT molecular complexity index is 1820. The van der Waals surface area contributed by atoms with Gasteiger partial charge in [0.05, 0.1) is 17.0 Å². The topological polar surface area (TPSA) is 110 Å². The number of nitrogens with one attached hydrogen (secondary N) is 1. The Kier molecular flexibility index (Phi) is 10.1. The molecule has 0 aliphatic carbocycles. The number of rotatable bonds is 9. The summed E-state index contributed by atoms with van der Waals surface area (Å²) in [5.41, 5.74) is 7.96. The molecular weight excluding hydrogens is 730 g/mol. The molecule has 44 heavy (non-hydrogen) atoms. The second kappa shape index (κ2) is 13.8. The zero-order valence-corrected chi connectivity index (χ0v) is 28.0. The van der Waals surface area contributed by atoms with Crippen LogP contribution in [0.3, 0.4) is 0 Å². The summed E-state index contributed by atoms with van der Waals surface area (Å²) >= 11 is 13.2. The molecule has 3 atom stereocenters. The van der Waals surface area contributed by atoms with E-state index in [1.807, 2.05) is 42.5 Å². The molecule has 0 saturated heterocycles. The van der Waals surface area contributed by atoms with E-state index in [0.29, 0.717) is 20.6 Å². The van der Waals surface area contributed by atoms with Gasteiger partial charge < -0.3 is 11.1 Å². The van der Waals surface area contributed by atoms with Crippen LogP contribution in [-0.2, 0) is 26.0 Å². The zero-order chi connectivity index (χ0) is 31.4. The van der Waals surface area contributed by atoms with Gasteiger partial charge in [0.15, 0.2) is 0 Å². The Morgan fingerprint density at radius 1 is 0.886 bits per heavy atom. The van der Waals surface area contributed by atoms with Crippen LogP contribution in [0, 0.1) is 0 Å². The summed E-state index contributed by atoms with van der Waals surface area (Å²) in [7, 11) is -4.22. The molecule has 4 aromatic carbocycles. The highest BCUT2D eigenvalue weighted by atomic mass is 79.9. The van der Waals surface area contributed by atoms with Crippen LogP contribution < -0.4 is 11.1 Å². The minimum atomic E-state index is -4.22. The number of amides is 2. The van der Waals surface area contributed by atoms with Crippen LogP contribution in [0.15, 0.2) is 129 Å². The fourth-order valence-corrected chi connectivity index (χ4v) is 8.00. The van der Waals surface area contributed by atoms with Crippen molar-refractivity contribution in [2.45, 2.75) is 35.9 Å². The first kappa shape index (κ1) is 32.1. The molecule has 0 aromatic heterocycles. The minimum Gasteiger partial charge on any atom is -0.368 e. The lowest BCUT2D eigenvalue weighted by molar-refractivity contribution is -0.125. The minimum absolute atomic E-state index is 0.0634. The molecule has 4 aromatic rings. The Hall–Kier alpha value is -3.28. The van der Waals surface area contributed by atoms with Crippen molar-refractivity contribution < 1.29 is 18.0 Å². The SMILES string of the molecule is NC(=O)[C@H](Cc1ccccc1)NC(=O)C1=CCC(c2cccc(Cl)c2)N(S(=O)(=O)c2ccc(Br)cc2)C1c1cccc(Br)c1. The van der Waals surface area contributed by atoms with Crippen LogP contribution in [0.25, 0.3) is 0 Å². The summed E-state index contributed by atoms with van der Waals surface area (Å²) in [6.07, 6.45) is 2.10. The van der Waals surface area contributed by atoms with E-state index in [4.69, 9.17) is 17.3 Å². The van der Waals surface area contributed by atoms with Gasteiger partial charge in [0.25, 0.3) is 0 Å². The molecule has 0 bridgehead atoms. The van der Waals surface area contributed by atoms with Crippen LogP contribution >= 0.6 is 43.5 Å². The average Bonchev–Trinajstić information content (AvgIpc) is 3.00. The van der Waals surface area contributed by atoms with Crippen molar-refractivity contribution >= 4 is 65.3 Å². The highest BCUT2D eigenvalue weighted by Crippen LogP contribution is 2.46. The quantitative estimate of drug-likeness (QED) is 0.194. The molecule has 7 nitrogen and oxygen atoms in total. The van der Waals surface area contributed by atoms with Gasteiger partial charge >= 0.3 is 0 Å². The van der Waals surface area contributed by atoms with Crippen molar-refractivity contribution in [3.8, 4) is 0 Å². The van der Waals surface area contributed by atoms with Crippen molar-refractivity contribution in [1.29, 1.82) is 0 Å². The fourth-order valence-electron chi connectivity index (χ4n) is 5.34. The van der Waals surface area contributed by atoms with Crippen molar-refractivity contribution in [3.63, 3.8) is 0 Å². The largest absolute Gasteiger partial charge is 0.368 e. The van der Waals surface area contributed by atoms with E-state index >= 15 is 0 Å². The van der Waals surface area contributed by atoms with Crippen LogP contribution in [0.2, 0.25) is 5.02 Å². The van der Waals surface area contributed by atoms with Gasteiger partial charge in [-0.3, -0.25) is 9.59 Å². The number of benzene rings is 4. The number of hydrogen-bond donors (Lipinski definition) is 2. The van der Waals surface area contributed by atoms with Gasteiger partial charge in [-0.25, -0.2) is 8.42 Å². The molecule has 3 N–H and O–H groups in total. The molecule has 11 heteroatoms. The summed E-state index contributed by atoms with van der Waals surface area (Å²) in [5, 5.41) is 3.25. The predicted octanol–water partition coefficient (Wildman–Crippen LogP) is 6.88. The van der Waals surface area contributed by atoms with Crippen LogP contribution in [0.4, 0.5) is 0 Å². The zero-order valence-electron chi connectivity index (χ0n) is 23.2. The van der Waals surface area contributed by atoms with E-state index in [2.05, 4.69) is 37.2 Å². The second-order valence-corrected chi connectivity index (χ2v) is 14.4. The standard InChI is InChI=1S/C33H28Br2ClN3O4S/c34-24-12-14-27(15-13-24)44(42,43)39-30(22-8-5-11-26(36)20-22)17-16-28(31(39)23-9-4-10-25(35)19-23)33(41)38-29(32(37)40)18-21-6-2-1-3-7-21/h1-16,19-20,29-31H,17-18H2,(H2,37,40)(H,38,41)/t29-,30?,31?/m0/s1. The molecule has 1 aliphatic heterocycles. The van der Waals surface area contributed by atoms with Gasteiger partial charge in [-0.2, -0.15) is 4.31 Å². The van der Waals surface area contributed by atoms with Gasteiger partial charge in [-0.1, -0.05) is 104 Å². The highest BCUT2D eigenvalue weighted by molar-refractivity contribution is 9.10. The summed E-state index contributed by atoms with van der Waals surface area (Å²) in [6, 6.07) is 27.0. The second-order valence-electron chi connectivity index (χ2n) is 10.3. The lowest BCUT2D eigenvalue weighted by Crippen LogP contribution is -2.49. The molecule has 1 aliphatic rings. The average molecular weight is 758 g/mol. The molecule has 226 valence electrons. The molecule has 0 spiro atoms. The number of halogens is 3. The number of carbonyl (C=O) groups excluding carboxylic acids is 2. The van der Waals surface area contributed by atoms with Gasteiger partial charge in [0, 0.05) is 26.0 Å². The molecule has 0 fully saturated rings. The van der Waals surface area contributed by atoms with E-state index < -0.39 is 40.0 Å². The monoisotopic (exact) mass is 755 g/mol. The Morgan fingerprint density at radius 2 is 1.57 bits per heavy atom. The van der Waals surface area contributed by atoms with E-state index in [1.54, 1.807) is 54.6 Å². The number of sulfonamides is 1. The fraction of sp³-hybridized carbons (Fsp3) is 0.152. The first-order valence-corrected chi connectivity index (χ1v) is 17.1. The van der Waals surface area contributed by atoms with Crippen LogP contribution in [-0.4, -0.2) is 30.6 Å². The van der Waals surface area contributed by atoms with E-state index in [0.717, 1.165) is 10.0 Å². The lowest BCUT2D eigenvalue weighted by atomic mass is 9.88. The third kappa shape index (κ3) is 7.16. The van der Waals surface area contributed by atoms with Gasteiger partial charge in [-0.05, 0) is 71.6 Å². The molecule has 0 saturated carbocycles. The smallest absolute Gasteiger partial charge is 0.249 e. The van der Waals surface area contributed by atoms with Gasteiger partial charge in [0.2, 0.25) is 21.8 Å². The van der Waals surface area contributed by atoms with Crippen molar-refractivity contribution in [2.75, 3.05) is 0 Å². The number of hydrogen-bond acceptors (Lipinski definition) is 4. The lowest BCUT2D eigenvalue weighted by Gasteiger charge is -2.41. The maximum atomic E-state index is 14.6. The van der Waals surface area contributed by atoms with E-state index in [-0.39, 0.29) is 23.3 Å². The Labute approximate surface area is 278 Å². The molecule has 2 unspecified atom stereocenters. The van der Waals surface area contributed by atoms with E-state index in [1.165, 1.54) is 16.4 Å².